The molecular formula is C16H20N2O2S. The molecule has 0 aliphatic carbocycles. The van der Waals surface area contributed by atoms with Crippen LogP contribution in [0.25, 0.3) is 0 Å². The number of hydrogen-bond acceptors (Lipinski definition) is 4. The summed E-state index contributed by atoms with van der Waals surface area (Å²) in [6.07, 6.45) is 0.772. The molecule has 0 spiro atoms. The standard InChI is InChI=1S/C16H20N2O2S/c1-18(16(19)15(17)14-9-5-12-21-14)10-6-11-20-13-7-3-2-4-8-13/h2-5,7-9,12,15H,6,10-11,17H2,1H3. The van der Waals surface area contributed by atoms with Crippen LogP contribution in [-0.2, 0) is 4.79 Å². The van der Waals surface area contributed by atoms with Crippen LogP contribution in [0.4, 0.5) is 0 Å². The maximum absolute atomic E-state index is 12.2. The Balaban J connectivity index is 1.71. The summed E-state index contributed by atoms with van der Waals surface area (Å²) < 4.78 is 5.60. The third-order valence-corrected chi connectivity index (χ3v) is 4.10. The van der Waals surface area contributed by atoms with Crippen LogP contribution in [0.3, 0.4) is 0 Å². The SMILES string of the molecule is CN(CCCOc1ccccc1)C(=O)C(N)c1cccs1. The fraction of sp³-hybridized carbons (Fsp3) is 0.312. The summed E-state index contributed by atoms with van der Waals surface area (Å²) in [5.41, 5.74) is 5.97. The number of carbonyl (C=O) groups is 1. The molecule has 0 bridgehead atoms. The molecular weight excluding hydrogens is 284 g/mol. The average Bonchev–Trinajstić information content (AvgIpc) is 3.05. The fourth-order valence-corrected chi connectivity index (χ4v) is 2.66. The minimum absolute atomic E-state index is 0.0582. The van der Waals surface area contributed by atoms with Gasteiger partial charge in [-0.3, -0.25) is 4.79 Å². The molecule has 0 fully saturated rings. The molecule has 2 rings (SSSR count). The summed E-state index contributed by atoms with van der Waals surface area (Å²) in [7, 11) is 1.78. The van der Waals surface area contributed by atoms with Crippen molar-refractivity contribution < 1.29 is 9.53 Å². The van der Waals surface area contributed by atoms with Gasteiger partial charge in [0.25, 0.3) is 0 Å². The number of hydrogen-bond donors (Lipinski definition) is 1. The first-order valence-electron chi connectivity index (χ1n) is 6.90. The van der Waals surface area contributed by atoms with E-state index in [0.29, 0.717) is 13.2 Å². The van der Waals surface area contributed by atoms with Crippen molar-refractivity contribution in [2.45, 2.75) is 12.5 Å². The third-order valence-electron chi connectivity index (χ3n) is 3.14. The number of amides is 1. The summed E-state index contributed by atoms with van der Waals surface area (Å²) >= 11 is 1.51. The number of para-hydroxylation sites is 1. The van der Waals surface area contributed by atoms with Crippen LogP contribution in [0.15, 0.2) is 47.8 Å². The molecule has 0 aliphatic rings. The van der Waals surface area contributed by atoms with E-state index in [1.807, 2.05) is 47.8 Å². The van der Waals surface area contributed by atoms with E-state index in [2.05, 4.69) is 0 Å². The van der Waals surface area contributed by atoms with Crippen molar-refractivity contribution in [2.24, 2.45) is 5.73 Å². The van der Waals surface area contributed by atoms with E-state index in [9.17, 15) is 4.79 Å². The fourth-order valence-electron chi connectivity index (χ4n) is 1.95. The van der Waals surface area contributed by atoms with Gasteiger partial charge in [0.05, 0.1) is 6.61 Å². The molecule has 5 heteroatoms. The van der Waals surface area contributed by atoms with Crippen LogP contribution >= 0.6 is 11.3 Å². The lowest BCUT2D eigenvalue weighted by atomic mass is 10.2. The van der Waals surface area contributed by atoms with E-state index in [1.54, 1.807) is 11.9 Å². The Morgan fingerprint density at radius 2 is 2.05 bits per heavy atom. The van der Waals surface area contributed by atoms with Crippen LogP contribution in [0.1, 0.15) is 17.3 Å². The number of ether oxygens (including phenoxy) is 1. The zero-order valence-electron chi connectivity index (χ0n) is 12.1. The van der Waals surface area contributed by atoms with Crippen molar-refractivity contribution in [3.8, 4) is 5.75 Å². The van der Waals surface area contributed by atoms with Crippen LogP contribution in [0, 0.1) is 0 Å². The molecule has 1 aromatic carbocycles. The molecule has 0 aliphatic heterocycles. The second-order valence-electron chi connectivity index (χ2n) is 4.77. The lowest BCUT2D eigenvalue weighted by Gasteiger charge is -2.20. The van der Waals surface area contributed by atoms with E-state index in [4.69, 9.17) is 10.5 Å². The summed E-state index contributed by atoms with van der Waals surface area (Å²) in [6, 6.07) is 12.9. The van der Waals surface area contributed by atoms with Gasteiger partial charge in [-0.2, -0.15) is 0 Å². The van der Waals surface area contributed by atoms with Gasteiger partial charge in [0, 0.05) is 18.5 Å². The lowest BCUT2D eigenvalue weighted by molar-refractivity contribution is -0.131. The summed E-state index contributed by atoms with van der Waals surface area (Å²) in [5.74, 6) is 0.791. The molecule has 1 aromatic heterocycles. The number of carbonyl (C=O) groups excluding carboxylic acids is 1. The number of likely N-dealkylation sites (N-methyl/N-ethyl adjacent to an activating group) is 1. The van der Waals surface area contributed by atoms with Gasteiger partial charge in [-0.25, -0.2) is 0 Å². The van der Waals surface area contributed by atoms with E-state index in [1.165, 1.54) is 11.3 Å². The zero-order chi connectivity index (χ0) is 15.1. The largest absolute Gasteiger partial charge is 0.494 e. The molecule has 1 amide bonds. The molecule has 1 unspecified atom stereocenters. The molecule has 112 valence electrons. The minimum atomic E-state index is -0.565. The minimum Gasteiger partial charge on any atom is -0.494 e. The molecule has 2 aromatic rings. The van der Waals surface area contributed by atoms with Gasteiger partial charge < -0.3 is 15.4 Å². The molecule has 1 heterocycles. The monoisotopic (exact) mass is 304 g/mol. The first-order valence-corrected chi connectivity index (χ1v) is 7.78. The molecule has 21 heavy (non-hydrogen) atoms. The normalized spacial score (nSPS) is 11.9. The number of thiophene rings is 1. The molecule has 0 saturated carbocycles. The Morgan fingerprint density at radius 1 is 1.29 bits per heavy atom. The highest BCUT2D eigenvalue weighted by atomic mass is 32.1. The zero-order valence-corrected chi connectivity index (χ0v) is 12.9. The Bertz CT molecular complexity index is 543. The van der Waals surface area contributed by atoms with Gasteiger partial charge in [0.1, 0.15) is 11.8 Å². The Kier molecular flexibility index (Phi) is 5.78. The average molecular weight is 304 g/mol. The summed E-state index contributed by atoms with van der Waals surface area (Å²) in [4.78, 5) is 14.7. The highest BCUT2D eigenvalue weighted by Crippen LogP contribution is 2.18. The first-order chi connectivity index (χ1) is 10.2. The smallest absolute Gasteiger partial charge is 0.244 e. The first kappa shape index (κ1) is 15.5. The molecule has 1 atom stereocenters. The number of nitrogens with zero attached hydrogens (tertiary/aromatic N) is 1. The van der Waals surface area contributed by atoms with Crippen molar-refractivity contribution in [1.82, 2.24) is 4.90 Å². The predicted octanol–water partition coefficient (Wildman–Crippen LogP) is 2.68. The Morgan fingerprint density at radius 3 is 2.71 bits per heavy atom. The quantitative estimate of drug-likeness (QED) is 0.800. The van der Waals surface area contributed by atoms with Crippen molar-refractivity contribution in [2.75, 3.05) is 20.2 Å². The third kappa shape index (κ3) is 4.58. The van der Waals surface area contributed by atoms with Crippen LogP contribution in [-0.4, -0.2) is 31.0 Å². The molecule has 0 radical (unpaired) electrons. The highest BCUT2D eigenvalue weighted by molar-refractivity contribution is 7.10. The maximum atomic E-state index is 12.2. The molecule has 2 N–H and O–H groups in total. The van der Waals surface area contributed by atoms with E-state index < -0.39 is 6.04 Å². The van der Waals surface area contributed by atoms with Crippen molar-refractivity contribution in [3.05, 3.63) is 52.7 Å². The number of benzene rings is 1. The van der Waals surface area contributed by atoms with Crippen LogP contribution < -0.4 is 10.5 Å². The van der Waals surface area contributed by atoms with Gasteiger partial charge in [-0.15, -0.1) is 11.3 Å². The van der Waals surface area contributed by atoms with Crippen molar-refractivity contribution >= 4 is 17.2 Å². The molecule has 4 nitrogen and oxygen atoms in total. The highest BCUT2D eigenvalue weighted by Gasteiger charge is 2.20. The van der Waals surface area contributed by atoms with E-state index >= 15 is 0 Å². The molecule has 0 saturated heterocycles. The van der Waals surface area contributed by atoms with Gasteiger partial charge >= 0.3 is 0 Å². The predicted molar refractivity (Wildman–Crippen MR) is 85.4 cm³/mol. The van der Waals surface area contributed by atoms with E-state index in [0.717, 1.165) is 17.0 Å². The van der Waals surface area contributed by atoms with Gasteiger partial charge in [0.2, 0.25) is 5.91 Å². The number of nitrogens with two attached hydrogens (primary N) is 1. The summed E-state index contributed by atoms with van der Waals surface area (Å²) in [6.45, 7) is 1.21. The van der Waals surface area contributed by atoms with Crippen LogP contribution in [0.5, 0.6) is 5.75 Å². The maximum Gasteiger partial charge on any atom is 0.244 e. The van der Waals surface area contributed by atoms with Crippen molar-refractivity contribution in [1.29, 1.82) is 0 Å². The topological polar surface area (TPSA) is 55.6 Å². The van der Waals surface area contributed by atoms with Crippen molar-refractivity contribution in [3.63, 3.8) is 0 Å². The number of rotatable bonds is 7. The second kappa shape index (κ2) is 7.81. The van der Waals surface area contributed by atoms with Gasteiger partial charge in [0.15, 0.2) is 0 Å². The second-order valence-corrected chi connectivity index (χ2v) is 5.75. The Labute approximate surface area is 129 Å². The van der Waals surface area contributed by atoms with E-state index in [-0.39, 0.29) is 5.91 Å². The van der Waals surface area contributed by atoms with Gasteiger partial charge in [-0.1, -0.05) is 24.3 Å². The Hall–Kier alpha value is -1.85. The van der Waals surface area contributed by atoms with Crippen LogP contribution in [0.2, 0.25) is 0 Å². The van der Waals surface area contributed by atoms with Gasteiger partial charge in [-0.05, 0) is 30.0 Å². The lowest BCUT2D eigenvalue weighted by Crippen LogP contribution is -2.36. The summed E-state index contributed by atoms with van der Waals surface area (Å²) in [5, 5.41) is 1.93.